The SMILES string of the molecule is O=S(=O)(CCCN1CCO[C@@H](c2ccccc2)C1)c1ccc(F)cc1. The van der Waals surface area contributed by atoms with Gasteiger partial charge in [-0.3, -0.25) is 4.90 Å². The lowest BCUT2D eigenvalue weighted by atomic mass is 10.1. The van der Waals surface area contributed by atoms with Gasteiger partial charge in [-0.1, -0.05) is 30.3 Å². The smallest absolute Gasteiger partial charge is 0.178 e. The molecule has 0 spiro atoms. The first kappa shape index (κ1) is 18.0. The molecule has 1 aliphatic heterocycles. The van der Waals surface area contributed by atoms with Gasteiger partial charge in [0.25, 0.3) is 0 Å². The van der Waals surface area contributed by atoms with E-state index in [4.69, 9.17) is 4.74 Å². The Morgan fingerprint density at radius 1 is 1.08 bits per heavy atom. The fourth-order valence-electron chi connectivity index (χ4n) is 3.01. The number of nitrogens with zero attached hydrogens (tertiary/aromatic N) is 1. The Kier molecular flexibility index (Phi) is 5.83. The van der Waals surface area contributed by atoms with Crippen molar-refractivity contribution in [1.29, 1.82) is 0 Å². The predicted molar refractivity (Wildman–Crippen MR) is 94.6 cm³/mol. The van der Waals surface area contributed by atoms with Gasteiger partial charge in [0, 0.05) is 13.1 Å². The summed E-state index contributed by atoms with van der Waals surface area (Å²) in [5.74, 6) is -0.370. The van der Waals surface area contributed by atoms with Crippen molar-refractivity contribution in [2.45, 2.75) is 17.4 Å². The largest absolute Gasteiger partial charge is 0.371 e. The molecule has 25 heavy (non-hydrogen) atoms. The van der Waals surface area contributed by atoms with E-state index in [0.29, 0.717) is 19.6 Å². The number of hydrogen-bond acceptors (Lipinski definition) is 4. The molecule has 0 N–H and O–H groups in total. The molecule has 0 unspecified atom stereocenters. The summed E-state index contributed by atoms with van der Waals surface area (Å²) >= 11 is 0. The molecule has 0 bridgehead atoms. The Hall–Kier alpha value is -1.76. The van der Waals surface area contributed by atoms with Crippen LogP contribution >= 0.6 is 0 Å². The van der Waals surface area contributed by atoms with Gasteiger partial charge in [0.15, 0.2) is 9.84 Å². The van der Waals surface area contributed by atoms with E-state index in [2.05, 4.69) is 4.90 Å². The van der Waals surface area contributed by atoms with Gasteiger partial charge >= 0.3 is 0 Å². The number of benzene rings is 2. The molecule has 3 rings (SSSR count). The average molecular weight is 363 g/mol. The third-order valence-electron chi connectivity index (χ3n) is 4.38. The van der Waals surface area contributed by atoms with E-state index in [-0.39, 0.29) is 16.8 Å². The van der Waals surface area contributed by atoms with Crippen LogP contribution in [0.4, 0.5) is 4.39 Å². The molecule has 1 saturated heterocycles. The Labute approximate surface area is 148 Å². The van der Waals surface area contributed by atoms with Crippen LogP contribution in [0.2, 0.25) is 0 Å². The third-order valence-corrected chi connectivity index (χ3v) is 6.20. The summed E-state index contributed by atoms with van der Waals surface area (Å²) in [6, 6.07) is 15.1. The molecule has 1 aliphatic rings. The Bertz CT molecular complexity index is 778. The first-order chi connectivity index (χ1) is 12.0. The Balaban J connectivity index is 1.52. The van der Waals surface area contributed by atoms with Crippen LogP contribution in [0, 0.1) is 5.82 Å². The quantitative estimate of drug-likeness (QED) is 0.740. The van der Waals surface area contributed by atoms with E-state index >= 15 is 0 Å². The van der Waals surface area contributed by atoms with E-state index in [0.717, 1.165) is 18.7 Å². The number of ether oxygens (including phenoxy) is 1. The minimum Gasteiger partial charge on any atom is -0.371 e. The topological polar surface area (TPSA) is 46.6 Å². The first-order valence-electron chi connectivity index (χ1n) is 8.42. The number of rotatable bonds is 6. The lowest BCUT2D eigenvalue weighted by molar-refractivity contribution is -0.0297. The van der Waals surface area contributed by atoms with E-state index in [1.165, 1.54) is 24.3 Å². The van der Waals surface area contributed by atoms with Gasteiger partial charge < -0.3 is 4.74 Å². The highest BCUT2D eigenvalue weighted by molar-refractivity contribution is 7.91. The number of morpholine rings is 1. The first-order valence-corrected chi connectivity index (χ1v) is 10.1. The lowest BCUT2D eigenvalue weighted by Crippen LogP contribution is -2.39. The highest BCUT2D eigenvalue weighted by Crippen LogP contribution is 2.22. The zero-order valence-electron chi connectivity index (χ0n) is 14.0. The molecular weight excluding hydrogens is 341 g/mol. The van der Waals surface area contributed by atoms with Crippen LogP contribution in [0.1, 0.15) is 18.1 Å². The second-order valence-corrected chi connectivity index (χ2v) is 8.31. The van der Waals surface area contributed by atoms with Crippen molar-refractivity contribution in [3.8, 4) is 0 Å². The summed E-state index contributed by atoms with van der Waals surface area (Å²) in [5, 5.41) is 0. The summed E-state index contributed by atoms with van der Waals surface area (Å²) in [4.78, 5) is 2.42. The monoisotopic (exact) mass is 363 g/mol. The molecule has 2 aromatic rings. The van der Waals surface area contributed by atoms with E-state index < -0.39 is 15.7 Å². The second kappa shape index (κ2) is 8.08. The summed E-state index contributed by atoms with van der Waals surface area (Å²) in [7, 11) is -3.37. The normalized spacial score (nSPS) is 19.0. The fourth-order valence-corrected chi connectivity index (χ4v) is 4.31. The van der Waals surface area contributed by atoms with Crippen molar-refractivity contribution >= 4 is 9.84 Å². The summed E-state index contributed by atoms with van der Waals surface area (Å²) < 4.78 is 43.4. The molecule has 0 aliphatic carbocycles. The molecule has 134 valence electrons. The standard InChI is InChI=1S/C19H22FNO3S/c20-17-7-9-18(10-8-17)25(22,23)14-4-11-21-12-13-24-19(15-21)16-5-2-1-3-6-16/h1-3,5-10,19H,4,11-15H2/t19-/m1/s1. The average Bonchev–Trinajstić information content (AvgIpc) is 2.63. The molecule has 6 heteroatoms. The third kappa shape index (κ3) is 4.87. The van der Waals surface area contributed by atoms with E-state index in [1.807, 2.05) is 30.3 Å². The van der Waals surface area contributed by atoms with Crippen molar-refractivity contribution < 1.29 is 17.5 Å². The van der Waals surface area contributed by atoms with Crippen molar-refractivity contribution in [2.24, 2.45) is 0 Å². The minimum absolute atomic E-state index is 0.0312. The predicted octanol–water partition coefficient (Wildman–Crippen LogP) is 3.06. The maximum absolute atomic E-state index is 12.9. The van der Waals surface area contributed by atoms with Crippen molar-refractivity contribution in [3.63, 3.8) is 0 Å². The maximum Gasteiger partial charge on any atom is 0.178 e. The van der Waals surface area contributed by atoms with Crippen LogP contribution in [0.15, 0.2) is 59.5 Å². The van der Waals surface area contributed by atoms with Crippen LogP contribution < -0.4 is 0 Å². The molecule has 2 aromatic carbocycles. The van der Waals surface area contributed by atoms with Gasteiger partial charge in [-0.05, 0) is 42.8 Å². The van der Waals surface area contributed by atoms with Crippen LogP contribution in [-0.4, -0.2) is 45.3 Å². The van der Waals surface area contributed by atoms with Crippen LogP contribution in [0.25, 0.3) is 0 Å². The molecular formula is C19H22FNO3S. The highest BCUT2D eigenvalue weighted by atomic mass is 32.2. The minimum atomic E-state index is -3.37. The number of halogens is 1. The summed E-state index contributed by atoms with van der Waals surface area (Å²) in [6.45, 7) is 2.91. The Morgan fingerprint density at radius 3 is 2.52 bits per heavy atom. The highest BCUT2D eigenvalue weighted by Gasteiger charge is 2.22. The zero-order chi connectivity index (χ0) is 17.7. The molecule has 1 fully saturated rings. The molecule has 1 heterocycles. The Morgan fingerprint density at radius 2 is 1.80 bits per heavy atom. The van der Waals surface area contributed by atoms with Gasteiger partial charge in [-0.25, -0.2) is 12.8 Å². The molecule has 1 atom stereocenters. The van der Waals surface area contributed by atoms with Crippen LogP contribution in [0.5, 0.6) is 0 Å². The second-order valence-electron chi connectivity index (χ2n) is 6.20. The maximum atomic E-state index is 12.9. The van der Waals surface area contributed by atoms with E-state index in [9.17, 15) is 12.8 Å². The van der Waals surface area contributed by atoms with Crippen LogP contribution in [-0.2, 0) is 14.6 Å². The molecule has 0 aromatic heterocycles. The lowest BCUT2D eigenvalue weighted by Gasteiger charge is -2.33. The zero-order valence-corrected chi connectivity index (χ0v) is 14.8. The molecule has 0 radical (unpaired) electrons. The fraction of sp³-hybridized carbons (Fsp3) is 0.368. The number of sulfone groups is 1. The molecule has 0 saturated carbocycles. The molecule has 0 amide bonds. The van der Waals surface area contributed by atoms with Gasteiger partial charge in [0.2, 0.25) is 0 Å². The number of hydrogen-bond donors (Lipinski definition) is 0. The van der Waals surface area contributed by atoms with Gasteiger partial charge in [0.1, 0.15) is 5.82 Å². The van der Waals surface area contributed by atoms with Crippen molar-refractivity contribution in [1.82, 2.24) is 4.90 Å². The van der Waals surface area contributed by atoms with Gasteiger partial charge in [0.05, 0.1) is 23.4 Å². The van der Waals surface area contributed by atoms with Crippen molar-refractivity contribution in [2.75, 3.05) is 32.0 Å². The van der Waals surface area contributed by atoms with Gasteiger partial charge in [-0.2, -0.15) is 0 Å². The molecule has 4 nitrogen and oxygen atoms in total. The van der Waals surface area contributed by atoms with Crippen molar-refractivity contribution in [3.05, 3.63) is 66.0 Å². The summed E-state index contributed by atoms with van der Waals surface area (Å²) in [5.41, 5.74) is 1.14. The van der Waals surface area contributed by atoms with Gasteiger partial charge in [-0.15, -0.1) is 0 Å². The van der Waals surface area contributed by atoms with E-state index in [1.54, 1.807) is 0 Å². The summed E-state index contributed by atoms with van der Waals surface area (Å²) in [6.07, 6.45) is 0.574. The van der Waals surface area contributed by atoms with Crippen LogP contribution in [0.3, 0.4) is 0 Å².